The van der Waals surface area contributed by atoms with Gasteiger partial charge >= 0.3 is 0 Å². The number of aromatic nitrogens is 4. The minimum atomic E-state index is -0.148. The lowest BCUT2D eigenvalue weighted by Gasteiger charge is -2.12. The van der Waals surface area contributed by atoms with Crippen molar-refractivity contribution in [1.29, 1.82) is 0 Å². The highest BCUT2D eigenvalue weighted by atomic mass is 16.1. The summed E-state index contributed by atoms with van der Waals surface area (Å²) in [7, 11) is 0. The third-order valence-electron chi connectivity index (χ3n) is 5.59. The molecule has 0 unspecified atom stereocenters. The van der Waals surface area contributed by atoms with E-state index in [9.17, 15) is 4.79 Å². The van der Waals surface area contributed by atoms with Crippen LogP contribution in [0, 0.1) is 6.92 Å². The van der Waals surface area contributed by atoms with Crippen LogP contribution in [-0.4, -0.2) is 26.1 Å². The minimum Gasteiger partial charge on any atom is -0.355 e. The zero-order valence-electron chi connectivity index (χ0n) is 19.2. The zero-order valence-corrected chi connectivity index (χ0v) is 19.2. The van der Waals surface area contributed by atoms with Gasteiger partial charge in [-0.2, -0.15) is 5.10 Å². The van der Waals surface area contributed by atoms with Gasteiger partial charge in [0.2, 0.25) is 0 Å². The molecule has 0 aliphatic heterocycles. The van der Waals surface area contributed by atoms with Crippen LogP contribution in [0.2, 0.25) is 0 Å². The summed E-state index contributed by atoms with van der Waals surface area (Å²) in [6, 6.07) is 21.2. The summed E-state index contributed by atoms with van der Waals surface area (Å²) in [6.07, 6.45) is 9.13. The lowest BCUT2D eigenvalue weighted by molar-refractivity contribution is 0.0951. The number of fused-ring (bicyclic) bond motifs is 1. The van der Waals surface area contributed by atoms with Crippen molar-refractivity contribution in [1.82, 2.24) is 25.5 Å². The van der Waals surface area contributed by atoms with Crippen molar-refractivity contribution < 1.29 is 4.79 Å². The van der Waals surface area contributed by atoms with E-state index in [1.165, 1.54) is 0 Å². The molecular formula is C28H24N6O. The summed E-state index contributed by atoms with van der Waals surface area (Å²) in [5.41, 5.74) is 6.92. The van der Waals surface area contributed by atoms with E-state index < -0.39 is 0 Å². The molecule has 0 saturated heterocycles. The van der Waals surface area contributed by atoms with Crippen LogP contribution in [0.4, 0.5) is 11.4 Å². The second kappa shape index (κ2) is 10.0. The molecule has 0 atom stereocenters. The van der Waals surface area contributed by atoms with Crippen LogP contribution in [0.15, 0.2) is 85.3 Å². The first-order chi connectivity index (χ1) is 17.2. The van der Waals surface area contributed by atoms with Crippen molar-refractivity contribution in [2.75, 3.05) is 5.32 Å². The molecule has 0 radical (unpaired) electrons. The van der Waals surface area contributed by atoms with Gasteiger partial charge in [0.25, 0.3) is 5.91 Å². The number of nitrogens with one attached hydrogen (secondary N) is 3. The fraction of sp³-hybridized carbons (Fsp3) is 0.0714. The third kappa shape index (κ3) is 5.25. The summed E-state index contributed by atoms with van der Waals surface area (Å²) in [5.74, 6) is -0.148. The Hall–Kier alpha value is -4.78. The number of amides is 1. The van der Waals surface area contributed by atoms with Crippen LogP contribution >= 0.6 is 0 Å². The Kier molecular flexibility index (Phi) is 6.30. The quantitative estimate of drug-likeness (QED) is 0.298. The molecule has 2 aromatic carbocycles. The maximum Gasteiger partial charge on any atom is 0.253 e. The zero-order chi connectivity index (χ0) is 24.0. The van der Waals surface area contributed by atoms with Gasteiger partial charge in [0.05, 0.1) is 28.2 Å². The number of H-pyrrole nitrogens is 1. The van der Waals surface area contributed by atoms with Crippen molar-refractivity contribution in [2.24, 2.45) is 0 Å². The smallest absolute Gasteiger partial charge is 0.253 e. The molecular weight excluding hydrogens is 436 g/mol. The van der Waals surface area contributed by atoms with E-state index in [2.05, 4.69) is 30.8 Å². The molecule has 0 fully saturated rings. The number of carbonyl (C=O) groups is 1. The molecule has 3 heterocycles. The highest BCUT2D eigenvalue weighted by Gasteiger charge is 2.12. The third-order valence-corrected chi connectivity index (χ3v) is 5.59. The first-order valence-electron chi connectivity index (χ1n) is 11.3. The highest BCUT2D eigenvalue weighted by Crippen LogP contribution is 2.26. The minimum absolute atomic E-state index is 0.148. The topological polar surface area (TPSA) is 95.6 Å². The number of anilines is 2. The van der Waals surface area contributed by atoms with Crippen LogP contribution in [0.25, 0.3) is 23.1 Å². The van der Waals surface area contributed by atoms with Gasteiger partial charge in [-0.1, -0.05) is 12.1 Å². The van der Waals surface area contributed by atoms with Crippen molar-refractivity contribution >= 4 is 40.3 Å². The average molecular weight is 461 g/mol. The van der Waals surface area contributed by atoms with Crippen LogP contribution in [-0.2, 0) is 6.54 Å². The Morgan fingerprint density at radius 2 is 1.83 bits per heavy atom. The fourth-order valence-electron chi connectivity index (χ4n) is 3.78. The standard InChI is InChI=1S/C28H24N6O/c1-19-10-15-30-21(16-19)7-9-26-23-8-6-22(17-27(23)34-33-26)32-25-5-3-2-4-24(25)28(35)31-18-20-11-13-29-14-12-20/h2-17,32H,18H2,1H3,(H,31,35)(H,33,34)/b9-7+. The molecule has 5 rings (SSSR count). The Balaban J connectivity index is 1.32. The number of nitrogens with zero attached hydrogens (tertiary/aromatic N) is 3. The maximum absolute atomic E-state index is 12.9. The number of aromatic amines is 1. The highest BCUT2D eigenvalue weighted by molar-refractivity contribution is 6.00. The molecule has 5 aromatic rings. The number of rotatable bonds is 7. The molecule has 0 bridgehead atoms. The lowest BCUT2D eigenvalue weighted by atomic mass is 10.1. The number of aryl methyl sites for hydroxylation is 1. The number of hydrogen-bond donors (Lipinski definition) is 3. The summed E-state index contributed by atoms with van der Waals surface area (Å²) in [4.78, 5) is 21.2. The lowest BCUT2D eigenvalue weighted by Crippen LogP contribution is -2.23. The molecule has 1 amide bonds. The Morgan fingerprint density at radius 3 is 2.69 bits per heavy atom. The molecule has 0 aliphatic rings. The average Bonchev–Trinajstić information content (AvgIpc) is 3.29. The number of para-hydroxylation sites is 1. The van der Waals surface area contributed by atoms with Gasteiger partial charge in [0.15, 0.2) is 0 Å². The van der Waals surface area contributed by atoms with Gasteiger partial charge < -0.3 is 10.6 Å². The van der Waals surface area contributed by atoms with E-state index in [0.29, 0.717) is 12.1 Å². The predicted molar refractivity (Wildman–Crippen MR) is 139 cm³/mol. The van der Waals surface area contributed by atoms with E-state index in [1.807, 2.05) is 79.7 Å². The van der Waals surface area contributed by atoms with Crippen molar-refractivity contribution in [2.45, 2.75) is 13.5 Å². The summed E-state index contributed by atoms with van der Waals surface area (Å²) < 4.78 is 0. The van der Waals surface area contributed by atoms with Crippen molar-refractivity contribution in [3.63, 3.8) is 0 Å². The SMILES string of the molecule is Cc1ccnc(/C=C/c2n[nH]c3cc(Nc4ccccc4C(=O)NCc4ccncc4)ccc23)c1. The van der Waals surface area contributed by atoms with Gasteiger partial charge in [0, 0.05) is 36.2 Å². The van der Waals surface area contributed by atoms with Crippen molar-refractivity contribution in [3.05, 3.63) is 113 Å². The normalized spacial score (nSPS) is 11.1. The van der Waals surface area contributed by atoms with Gasteiger partial charge in [0.1, 0.15) is 0 Å². The van der Waals surface area contributed by atoms with Crippen LogP contribution < -0.4 is 10.6 Å². The molecule has 0 spiro atoms. The van der Waals surface area contributed by atoms with Gasteiger partial charge in [-0.15, -0.1) is 0 Å². The Bertz CT molecular complexity index is 1510. The largest absolute Gasteiger partial charge is 0.355 e. The molecule has 3 aromatic heterocycles. The number of carbonyl (C=O) groups excluding carboxylic acids is 1. The first-order valence-corrected chi connectivity index (χ1v) is 11.3. The van der Waals surface area contributed by atoms with Crippen LogP contribution in [0.1, 0.15) is 32.9 Å². The summed E-state index contributed by atoms with van der Waals surface area (Å²) in [6.45, 7) is 2.48. The summed E-state index contributed by atoms with van der Waals surface area (Å²) >= 11 is 0. The van der Waals surface area contributed by atoms with Crippen LogP contribution in [0.3, 0.4) is 0 Å². The Labute approximate surface area is 203 Å². The molecule has 7 heteroatoms. The molecule has 35 heavy (non-hydrogen) atoms. The Morgan fingerprint density at radius 1 is 0.971 bits per heavy atom. The molecule has 0 saturated carbocycles. The van der Waals surface area contributed by atoms with Gasteiger partial charge in [-0.05, 0) is 84.8 Å². The van der Waals surface area contributed by atoms with Crippen LogP contribution in [0.5, 0.6) is 0 Å². The fourth-order valence-corrected chi connectivity index (χ4v) is 3.78. The predicted octanol–water partition coefficient (Wildman–Crippen LogP) is 5.51. The molecule has 7 nitrogen and oxygen atoms in total. The van der Waals surface area contributed by atoms with E-state index in [4.69, 9.17) is 0 Å². The van der Waals surface area contributed by atoms with Crippen molar-refractivity contribution in [3.8, 4) is 0 Å². The van der Waals surface area contributed by atoms with E-state index in [1.54, 1.807) is 24.7 Å². The second-order valence-corrected chi connectivity index (χ2v) is 8.17. The number of hydrogen-bond acceptors (Lipinski definition) is 5. The van der Waals surface area contributed by atoms with E-state index in [-0.39, 0.29) is 5.91 Å². The molecule has 0 aliphatic carbocycles. The van der Waals surface area contributed by atoms with E-state index >= 15 is 0 Å². The second-order valence-electron chi connectivity index (χ2n) is 8.17. The first kappa shape index (κ1) is 22.0. The molecule has 172 valence electrons. The van der Waals surface area contributed by atoms with E-state index in [0.717, 1.165) is 44.8 Å². The van der Waals surface area contributed by atoms with Gasteiger partial charge in [-0.25, -0.2) is 0 Å². The monoisotopic (exact) mass is 460 g/mol. The molecule has 3 N–H and O–H groups in total. The summed E-state index contributed by atoms with van der Waals surface area (Å²) in [5, 5.41) is 14.9. The number of pyridine rings is 2. The van der Waals surface area contributed by atoms with Gasteiger partial charge in [-0.3, -0.25) is 19.9 Å². The maximum atomic E-state index is 12.9. The number of benzene rings is 2.